The molecule has 4 heteroatoms. The first-order valence-electron chi connectivity index (χ1n) is 28.1. The normalized spacial score (nSPS) is 13.7. The van der Waals surface area contributed by atoms with E-state index in [0.29, 0.717) is 6.42 Å². The fourth-order valence-corrected chi connectivity index (χ4v) is 8.00. The molecule has 0 fully saturated rings. The maximum atomic E-state index is 12.4. The molecule has 0 spiro atoms. The second-order valence-corrected chi connectivity index (χ2v) is 18.6. The number of aliphatic hydroxyl groups is 2. The highest BCUT2D eigenvalue weighted by molar-refractivity contribution is 5.76. The minimum Gasteiger partial charge on any atom is -0.394 e. The number of nitrogens with one attached hydrogen (secondary N) is 1. The number of hydrogen-bond donors (Lipinski definition) is 3. The van der Waals surface area contributed by atoms with E-state index < -0.39 is 12.1 Å². The number of hydrogen-bond acceptors (Lipinski definition) is 3. The van der Waals surface area contributed by atoms with Crippen LogP contribution in [0, 0.1) is 0 Å². The average molecular weight is 915 g/mol. The van der Waals surface area contributed by atoms with Gasteiger partial charge < -0.3 is 15.5 Å². The molecule has 66 heavy (non-hydrogen) atoms. The molecule has 0 radical (unpaired) electrons. The van der Waals surface area contributed by atoms with Crippen LogP contribution in [0.25, 0.3) is 0 Å². The number of aliphatic hydroxyl groups excluding tert-OH is 2. The summed E-state index contributed by atoms with van der Waals surface area (Å²) in [5.41, 5.74) is 0. The summed E-state index contributed by atoms with van der Waals surface area (Å²) in [4.78, 5) is 12.4. The summed E-state index contributed by atoms with van der Waals surface area (Å²) >= 11 is 0. The SMILES string of the molecule is CC/C=C\C/C=C\C/C=C\C/C=C\C/C=C\C/C=C\C/C=C\CCCCCCCCCCCCCCCCCCCC(=O)NC(CO)C(O)/C=C/CC/C=C/CCCCCCCCCCC. The van der Waals surface area contributed by atoms with Gasteiger partial charge >= 0.3 is 0 Å². The minimum atomic E-state index is -0.866. The van der Waals surface area contributed by atoms with Gasteiger partial charge in [0, 0.05) is 6.42 Å². The van der Waals surface area contributed by atoms with Crippen LogP contribution in [-0.4, -0.2) is 34.9 Å². The molecule has 3 N–H and O–H groups in total. The molecular weight excluding hydrogens is 807 g/mol. The molecule has 2 unspecified atom stereocenters. The van der Waals surface area contributed by atoms with Gasteiger partial charge in [-0.15, -0.1) is 0 Å². The summed E-state index contributed by atoms with van der Waals surface area (Å²) in [5.74, 6) is -0.0757. The van der Waals surface area contributed by atoms with Crippen LogP contribution in [0.15, 0.2) is 109 Å². The minimum absolute atomic E-state index is 0.0757. The van der Waals surface area contributed by atoms with Gasteiger partial charge in [-0.3, -0.25) is 4.79 Å². The van der Waals surface area contributed by atoms with Crippen molar-refractivity contribution in [2.24, 2.45) is 0 Å². The average Bonchev–Trinajstić information content (AvgIpc) is 3.32. The molecule has 0 aromatic carbocycles. The van der Waals surface area contributed by atoms with E-state index in [4.69, 9.17) is 0 Å². The molecule has 378 valence electrons. The van der Waals surface area contributed by atoms with Crippen molar-refractivity contribution in [2.75, 3.05) is 6.61 Å². The van der Waals surface area contributed by atoms with Crippen LogP contribution in [0.3, 0.4) is 0 Å². The Labute approximate surface area is 410 Å². The third-order valence-electron chi connectivity index (χ3n) is 12.2. The third kappa shape index (κ3) is 52.0. The van der Waals surface area contributed by atoms with Crippen molar-refractivity contribution < 1.29 is 15.0 Å². The molecule has 0 heterocycles. The van der Waals surface area contributed by atoms with Gasteiger partial charge in [-0.05, 0) is 89.9 Å². The lowest BCUT2D eigenvalue weighted by atomic mass is 10.0. The maximum absolute atomic E-state index is 12.4. The molecule has 0 saturated heterocycles. The van der Waals surface area contributed by atoms with Gasteiger partial charge in [-0.25, -0.2) is 0 Å². The zero-order valence-corrected chi connectivity index (χ0v) is 43.4. The first-order valence-corrected chi connectivity index (χ1v) is 28.1. The van der Waals surface area contributed by atoms with E-state index >= 15 is 0 Å². The molecule has 4 nitrogen and oxygen atoms in total. The summed E-state index contributed by atoms with van der Waals surface area (Å²) in [6, 6.07) is -0.643. The van der Waals surface area contributed by atoms with E-state index in [1.807, 2.05) is 6.08 Å². The number of allylic oxidation sites excluding steroid dienone is 17. The van der Waals surface area contributed by atoms with Gasteiger partial charge in [0.2, 0.25) is 5.91 Å². The van der Waals surface area contributed by atoms with Crippen LogP contribution in [0.5, 0.6) is 0 Å². The van der Waals surface area contributed by atoms with Crippen molar-refractivity contribution in [1.82, 2.24) is 5.32 Å². The monoisotopic (exact) mass is 914 g/mol. The summed E-state index contributed by atoms with van der Waals surface area (Å²) in [7, 11) is 0. The molecule has 0 aromatic rings. The van der Waals surface area contributed by atoms with Gasteiger partial charge in [0.15, 0.2) is 0 Å². The van der Waals surface area contributed by atoms with E-state index in [-0.39, 0.29) is 12.5 Å². The first kappa shape index (κ1) is 63.0. The van der Waals surface area contributed by atoms with Crippen LogP contribution in [0.4, 0.5) is 0 Å². The highest BCUT2D eigenvalue weighted by Crippen LogP contribution is 2.16. The van der Waals surface area contributed by atoms with Gasteiger partial charge in [0.1, 0.15) is 0 Å². The van der Waals surface area contributed by atoms with Crippen LogP contribution in [0.1, 0.15) is 258 Å². The Morgan fingerprint density at radius 2 is 0.682 bits per heavy atom. The van der Waals surface area contributed by atoms with E-state index in [0.717, 1.165) is 77.0 Å². The van der Waals surface area contributed by atoms with Crippen LogP contribution in [0.2, 0.25) is 0 Å². The Balaban J connectivity index is 3.52. The first-order chi connectivity index (χ1) is 32.7. The summed E-state index contributed by atoms with van der Waals surface area (Å²) < 4.78 is 0. The van der Waals surface area contributed by atoms with Crippen molar-refractivity contribution in [2.45, 2.75) is 270 Å². The zero-order valence-electron chi connectivity index (χ0n) is 43.4. The molecule has 1 amide bonds. The van der Waals surface area contributed by atoms with Crippen molar-refractivity contribution in [3.05, 3.63) is 109 Å². The largest absolute Gasteiger partial charge is 0.394 e. The van der Waals surface area contributed by atoms with Gasteiger partial charge in [0.05, 0.1) is 18.8 Å². The fourth-order valence-electron chi connectivity index (χ4n) is 8.00. The lowest BCUT2D eigenvalue weighted by molar-refractivity contribution is -0.123. The highest BCUT2D eigenvalue weighted by atomic mass is 16.3. The number of rotatable bonds is 50. The molecular formula is C62H107NO3. The van der Waals surface area contributed by atoms with E-state index in [1.54, 1.807) is 6.08 Å². The number of carbonyl (C=O) groups excluding carboxylic acids is 1. The van der Waals surface area contributed by atoms with Crippen molar-refractivity contribution in [3.8, 4) is 0 Å². The summed E-state index contributed by atoms with van der Waals surface area (Å²) in [6.07, 6.45) is 85.4. The number of unbranched alkanes of at least 4 members (excludes halogenated alkanes) is 27. The quantitative estimate of drug-likeness (QED) is 0.0421. The molecule has 0 aromatic heterocycles. The smallest absolute Gasteiger partial charge is 0.220 e. The van der Waals surface area contributed by atoms with Crippen molar-refractivity contribution in [3.63, 3.8) is 0 Å². The van der Waals surface area contributed by atoms with Gasteiger partial charge in [-0.1, -0.05) is 271 Å². The third-order valence-corrected chi connectivity index (χ3v) is 12.2. The summed E-state index contributed by atoms with van der Waals surface area (Å²) in [6.45, 7) is 4.18. The Morgan fingerprint density at radius 1 is 0.379 bits per heavy atom. The molecule has 0 saturated carbocycles. The second kappa shape index (κ2) is 56.4. The predicted molar refractivity (Wildman–Crippen MR) is 294 cm³/mol. The second-order valence-electron chi connectivity index (χ2n) is 18.6. The molecule has 0 rings (SSSR count). The van der Waals surface area contributed by atoms with E-state index in [2.05, 4.69) is 116 Å². The Bertz CT molecular complexity index is 1270. The Hall–Kier alpha value is -2.95. The van der Waals surface area contributed by atoms with Crippen LogP contribution in [-0.2, 0) is 4.79 Å². The van der Waals surface area contributed by atoms with Crippen LogP contribution < -0.4 is 5.32 Å². The summed E-state index contributed by atoms with van der Waals surface area (Å²) in [5, 5.41) is 23.1. The van der Waals surface area contributed by atoms with Crippen LogP contribution >= 0.6 is 0 Å². The topological polar surface area (TPSA) is 69.6 Å². The zero-order chi connectivity index (χ0) is 47.7. The van der Waals surface area contributed by atoms with Gasteiger partial charge in [-0.2, -0.15) is 0 Å². The standard InChI is InChI=1S/C62H107NO3/c1-3-5-7-9-11-13-15-17-19-20-21-22-23-24-25-26-27-28-29-30-31-32-33-34-35-36-37-38-39-40-41-42-44-46-48-50-52-54-56-58-62(66)63-60(59-64)61(65)57-55-53-51-49-47-45-43-18-16-14-12-10-8-6-4-2/h5,7,11,13,17,19,21-22,24-25,27-28,30-31,47,49,55,57,60-61,64-65H,3-4,6,8-10,12,14-16,18,20,23,26,29,32-46,48,50-54,56,58-59H2,1-2H3,(H,63,66)/b7-5-,13-11-,19-17-,22-21-,25-24-,28-27-,31-30-,49-47+,57-55+. The van der Waals surface area contributed by atoms with E-state index in [9.17, 15) is 15.0 Å². The molecule has 0 aliphatic rings. The fraction of sp³-hybridized carbons (Fsp3) is 0.694. The van der Waals surface area contributed by atoms with Gasteiger partial charge in [0.25, 0.3) is 0 Å². The highest BCUT2D eigenvalue weighted by Gasteiger charge is 2.17. The Morgan fingerprint density at radius 3 is 1.06 bits per heavy atom. The molecule has 0 bridgehead atoms. The number of amides is 1. The maximum Gasteiger partial charge on any atom is 0.220 e. The molecule has 0 aliphatic carbocycles. The lowest BCUT2D eigenvalue weighted by Gasteiger charge is -2.19. The molecule has 2 atom stereocenters. The van der Waals surface area contributed by atoms with E-state index in [1.165, 1.54) is 161 Å². The molecule has 0 aliphatic heterocycles. The van der Waals surface area contributed by atoms with Crippen molar-refractivity contribution in [1.29, 1.82) is 0 Å². The number of carbonyl (C=O) groups is 1. The predicted octanol–water partition coefficient (Wildman–Crippen LogP) is 18.7. The lowest BCUT2D eigenvalue weighted by Crippen LogP contribution is -2.45. The van der Waals surface area contributed by atoms with Crippen molar-refractivity contribution >= 4 is 5.91 Å². The Kier molecular flexibility index (Phi) is 53.9.